The van der Waals surface area contributed by atoms with Gasteiger partial charge in [-0.1, -0.05) is 23.8 Å². The second-order valence-corrected chi connectivity index (χ2v) is 5.29. The number of nitrogens with zero attached hydrogens (tertiary/aromatic N) is 2. The Morgan fingerprint density at radius 1 is 0.917 bits per heavy atom. The predicted molar refractivity (Wildman–Crippen MR) is 93.2 cm³/mol. The average molecular weight is 320 g/mol. The van der Waals surface area contributed by atoms with E-state index >= 15 is 0 Å². The number of nitrogens with one attached hydrogen (secondary N) is 2. The van der Waals surface area contributed by atoms with Gasteiger partial charge in [0.1, 0.15) is 18.0 Å². The average Bonchev–Trinajstić information content (AvgIpc) is 2.57. The minimum Gasteiger partial charge on any atom is -0.478 e. The first kappa shape index (κ1) is 15.5. The molecule has 0 bridgehead atoms. The Morgan fingerprint density at radius 2 is 1.58 bits per heavy atom. The Labute approximate surface area is 139 Å². The monoisotopic (exact) mass is 320 g/mol. The van der Waals surface area contributed by atoms with Gasteiger partial charge in [-0.25, -0.2) is 14.8 Å². The fourth-order valence-electron chi connectivity index (χ4n) is 2.16. The van der Waals surface area contributed by atoms with Crippen LogP contribution in [0, 0.1) is 6.92 Å². The first-order valence-electron chi connectivity index (χ1n) is 7.36. The molecule has 0 aliphatic rings. The molecule has 0 aliphatic heterocycles. The van der Waals surface area contributed by atoms with E-state index in [4.69, 9.17) is 5.11 Å². The third-order valence-corrected chi connectivity index (χ3v) is 3.37. The molecule has 0 unspecified atom stereocenters. The van der Waals surface area contributed by atoms with Crippen molar-refractivity contribution in [3.63, 3.8) is 0 Å². The van der Waals surface area contributed by atoms with Crippen molar-refractivity contribution in [2.45, 2.75) is 6.92 Å². The smallest absolute Gasteiger partial charge is 0.335 e. The molecule has 3 aromatic rings. The third-order valence-electron chi connectivity index (χ3n) is 3.37. The van der Waals surface area contributed by atoms with E-state index in [1.165, 1.54) is 18.0 Å². The van der Waals surface area contributed by atoms with Gasteiger partial charge in [0.2, 0.25) is 0 Å². The van der Waals surface area contributed by atoms with Gasteiger partial charge >= 0.3 is 5.97 Å². The standard InChI is InChI=1S/C18H16N4O2/c1-12-5-7-14(8-6-12)21-16-10-17(20-11-19-16)22-15-4-2-3-13(9-15)18(23)24/h2-11H,1H3,(H,23,24)(H2,19,20,21,22). The number of carboxylic acids is 1. The van der Waals surface area contributed by atoms with Crippen LogP contribution in [-0.2, 0) is 0 Å². The van der Waals surface area contributed by atoms with E-state index in [2.05, 4.69) is 20.6 Å². The molecule has 6 nitrogen and oxygen atoms in total. The molecule has 0 atom stereocenters. The summed E-state index contributed by atoms with van der Waals surface area (Å²) in [6.45, 7) is 2.03. The lowest BCUT2D eigenvalue weighted by Gasteiger charge is -2.09. The van der Waals surface area contributed by atoms with Crippen LogP contribution in [0.1, 0.15) is 15.9 Å². The number of aromatic carboxylic acids is 1. The van der Waals surface area contributed by atoms with Crippen LogP contribution in [0.15, 0.2) is 60.9 Å². The lowest BCUT2D eigenvalue weighted by molar-refractivity contribution is 0.0697. The van der Waals surface area contributed by atoms with Crippen molar-refractivity contribution in [1.82, 2.24) is 9.97 Å². The summed E-state index contributed by atoms with van der Waals surface area (Å²) in [5.74, 6) is 0.246. The zero-order chi connectivity index (χ0) is 16.9. The van der Waals surface area contributed by atoms with Crippen LogP contribution in [0.25, 0.3) is 0 Å². The lowest BCUT2D eigenvalue weighted by Crippen LogP contribution is -2.00. The molecule has 0 fully saturated rings. The molecule has 24 heavy (non-hydrogen) atoms. The highest BCUT2D eigenvalue weighted by Crippen LogP contribution is 2.20. The van der Waals surface area contributed by atoms with Crippen LogP contribution < -0.4 is 10.6 Å². The first-order chi connectivity index (χ1) is 11.6. The Bertz CT molecular complexity index is 863. The van der Waals surface area contributed by atoms with E-state index in [-0.39, 0.29) is 5.56 Å². The normalized spacial score (nSPS) is 10.2. The Morgan fingerprint density at radius 3 is 2.25 bits per heavy atom. The molecule has 0 spiro atoms. The Balaban J connectivity index is 1.76. The molecule has 1 aromatic heterocycles. The first-order valence-corrected chi connectivity index (χ1v) is 7.36. The van der Waals surface area contributed by atoms with E-state index in [0.717, 1.165) is 5.69 Å². The van der Waals surface area contributed by atoms with Crippen molar-refractivity contribution in [2.24, 2.45) is 0 Å². The third kappa shape index (κ3) is 3.86. The number of anilines is 4. The maximum absolute atomic E-state index is 11.0. The van der Waals surface area contributed by atoms with E-state index in [1.807, 2.05) is 31.2 Å². The largest absolute Gasteiger partial charge is 0.478 e. The molecule has 120 valence electrons. The van der Waals surface area contributed by atoms with Crippen molar-refractivity contribution in [2.75, 3.05) is 10.6 Å². The molecule has 0 radical (unpaired) electrons. The van der Waals surface area contributed by atoms with Gasteiger partial charge in [0.25, 0.3) is 0 Å². The molecule has 0 saturated heterocycles. The van der Waals surface area contributed by atoms with Crippen molar-refractivity contribution < 1.29 is 9.90 Å². The second kappa shape index (κ2) is 6.78. The number of hydrogen-bond donors (Lipinski definition) is 3. The SMILES string of the molecule is Cc1ccc(Nc2cc(Nc3cccc(C(=O)O)c3)ncn2)cc1. The molecule has 3 rings (SSSR count). The molecule has 2 aromatic carbocycles. The highest BCUT2D eigenvalue weighted by molar-refractivity contribution is 5.89. The van der Waals surface area contributed by atoms with Crippen molar-refractivity contribution in [3.8, 4) is 0 Å². The van der Waals surface area contributed by atoms with Gasteiger partial charge < -0.3 is 15.7 Å². The lowest BCUT2D eigenvalue weighted by atomic mass is 10.2. The van der Waals surface area contributed by atoms with Crippen molar-refractivity contribution in [3.05, 3.63) is 72.1 Å². The molecular formula is C18H16N4O2. The number of aryl methyl sites for hydroxylation is 1. The van der Waals surface area contributed by atoms with E-state index in [0.29, 0.717) is 17.3 Å². The van der Waals surface area contributed by atoms with Crippen LogP contribution in [0.4, 0.5) is 23.0 Å². The summed E-state index contributed by atoms with van der Waals surface area (Å²) in [7, 11) is 0. The van der Waals surface area contributed by atoms with Gasteiger partial charge in [-0.2, -0.15) is 0 Å². The maximum atomic E-state index is 11.0. The molecule has 6 heteroatoms. The second-order valence-electron chi connectivity index (χ2n) is 5.29. The van der Waals surface area contributed by atoms with Crippen LogP contribution >= 0.6 is 0 Å². The number of carboxylic acid groups (broad SMARTS) is 1. The summed E-state index contributed by atoms with van der Waals surface area (Å²) in [6, 6.07) is 16.3. The van der Waals surface area contributed by atoms with Crippen molar-refractivity contribution >= 4 is 29.0 Å². The quantitative estimate of drug-likeness (QED) is 0.659. The van der Waals surface area contributed by atoms with Crippen LogP contribution in [0.3, 0.4) is 0 Å². The fourth-order valence-corrected chi connectivity index (χ4v) is 2.16. The number of carbonyl (C=O) groups is 1. The summed E-state index contributed by atoms with van der Waals surface area (Å²) in [5, 5.41) is 15.3. The van der Waals surface area contributed by atoms with Gasteiger partial charge in [-0.15, -0.1) is 0 Å². The molecule has 0 aliphatic carbocycles. The molecule has 0 amide bonds. The van der Waals surface area contributed by atoms with Crippen LogP contribution in [0.5, 0.6) is 0 Å². The van der Waals surface area contributed by atoms with Crippen LogP contribution in [-0.4, -0.2) is 21.0 Å². The number of rotatable bonds is 5. The van der Waals surface area contributed by atoms with Gasteiger partial charge in [0, 0.05) is 17.4 Å². The maximum Gasteiger partial charge on any atom is 0.335 e. The molecule has 0 saturated carbocycles. The molecule has 3 N–H and O–H groups in total. The summed E-state index contributed by atoms with van der Waals surface area (Å²) < 4.78 is 0. The van der Waals surface area contributed by atoms with E-state index < -0.39 is 5.97 Å². The topological polar surface area (TPSA) is 87.1 Å². The van der Waals surface area contributed by atoms with Crippen molar-refractivity contribution in [1.29, 1.82) is 0 Å². The minimum atomic E-state index is -0.969. The Kier molecular flexibility index (Phi) is 4.38. The van der Waals surface area contributed by atoms with Crippen LogP contribution in [0.2, 0.25) is 0 Å². The van der Waals surface area contributed by atoms with Gasteiger partial charge in [0.05, 0.1) is 5.56 Å². The molecule has 1 heterocycles. The zero-order valence-corrected chi connectivity index (χ0v) is 13.0. The van der Waals surface area contributed by atoms with Gasteiger partial charge in [0.15, 0.2) is 0 Å². The van der Waals surface area contributed by atoms with E-state index in [9.17, 15) is 4.79 Å². The molecular weight excluding hydrogens is 304 g/mol. The summed E-state index contributed by atoms with van der Waals surface area (Å²) >= 11 is 0. The summed E-state index contributed by atoms with van der Waals surface area (Å²) in [5.41, 5.74) is 2.98. The number of hydrogen-bond acceptors (Lipinski definition) is 5. The number of aromatic nitrogens is 2. The summed E-state index contributed by atoms with van der Waals surface area (Å²) in [6.07, 6.45) is 1.44. The van der Waals surface area contributed by atoms with E-state index in [1.54, 1.807) is 24.3 Å². The zero-order valence-electron chi connectivity index (χ0n) is 13.0. The minimum absolute atomic E-state index is 0.215. The predicted octanol–water partition coefficient (Wildman–Crippen LogP) is 3.97. The van der Waals surface area contributed by atoms with Gasteiger partial charge in [-0.05, 0) is 37.3 Å². The highest BCUT2D eigenvalue weighted by Gasteiger charge is 2.05. The van der Waals surface area contributed by atoms with Gasteiger partial charge in [-0.3, -0.25) is 0 Å². The highest BCUT2D eigenvalue weighted by atomic mass is 16.4. The summed E-state index contributed by atoms with van der Waals surface area (Å²) in [4.78, 5) is 19.4. The fraction of sp³-hybridized carbons (Fsp3) is 0.0556. The Hall–Kier alpha value is -3.41. The number of benzene rings is 2.